The standard InChI is InChI=1S/C30H37F3O2/c1-3-5-20-6-8-22(9-7-20)27-16-12-23(29(32)30(27)33)19-35-24-13-10-21(11-14-24)26-17-15-25(34-4-2)18-28(26)31/h3,5,12,15-18,20-22,24H,4,6-11,13-14,19H2,1-2H3/b5-3+. The van der Waals surface area contributed by atoms with Gasteiger partial charge in [-0.15, -0.1) is 0 Å². The van der Waals surface area contributed by atoms with E-state index in [1.165, 1.54) is 6.07 Å². The smallest absolute Gasteiger partial charge is 0.164 e. The molecular formula is C30H37F3O2. The van der Waals surface area contributed by atoms with E-state index < -0.39 is 11.6 Å². The van der Waals surface area contributed by atoms with Crippen molar-refractivity contribution in [3.63, 3.8) is 0 Å². The van der Waals surface area contributed by atoms with Crippen LogP contribution in [0.5, 0.6) is 5.75 Å². The molecule has 0 radical (unpaired) electrons. The highest BCUT2D eigenvalue weighted by Crippen LogP contribution is 2.39. The van der Waals surface area contributed by atoms with Gasteiger partial charge in [-0.05, 0) is 100 Å². The molecule has 190 valence electrons. The molecule has 2 fully saturated rings. The van der Waals surface area contributed by atoms with Gasteiger partial charge in [-0.2, -0.15) is 0 Å². The highest BCUT2D eigenvalue weighted by atomic mass is 19.2. The molecule has 5 heteroatoms. The van der Waals surface area contributed by atoms with Crippen LogP contribution < -0.4 is 4.74 Å². The summed E-state index contributed by atoms with van der Waals surface area (Å²) < 4.78 is 55.7. The quantitative estimate of drug-likeness (QED) is 0.348. The fraction of sp³-hybridized carbons (Fsp3) is 0.533. The van der Waals surface area contributed by atoms with Crippen LogP contribution in [0.4, 0.5) is 13.2 Å². The number of halogens is 3. The summed E-state index contributed by atoms with van der Waals surface area (Å²) in [5, 5.41) is 0. The number of ether oxygens (including phenoxy) is 2. The third kappa shape index (κ3) is 6.30. The summed E-state index contributed by atoms with van der Waals surface area (Å²) in [4.78, 5) is 0. The molecule has 2 saturated carbocycles. The van der Waals surface area contributed by atoms with Crippen molar-refractivity contribution in [2.75, 3.05) is 6.61 Å². The van der Waals surface area contributed by atoms with Crippen molar-refractivity contribution < 1.29 is 22.6 Å². The lowest BCUT2D eigenvalue weighted by Gasteiger charge is -2.29. The average Bonchev–Trinajstić information content (AvgIpc) is 2.87. The van der Waals surface area contributed by atoms with Gasteiger partial charge in [0.15, 0.2) is 11.6 Å². The molecule has 0 spiro atoms. The third-order valence-corrected chi connectivity index (χ3v) is 7.74. The number of hydrogen-bond donors (Lipinski definition) is 0. The second-order valence-electron chi connectivity index (χ2n) is 9.98. The van der Waals surface area contributed by atoms with Crippen LogP contribution >= 0.6 is 0 Å². The first kappa shape index (κ1) is 25.8. The van der Waals surface area contributed by atoms with Crippen LogP contribution in [0, 0.1) is 23.4 Å². The van der Waals surface area contributed by atoms with E-state index in [4.69, 9.17) is 9.47 Å². The van der Waals surface area contributed by atoms with E-state index >= 15 is 0 Å². The topological polar surface area (TPSA) is 18.5 Å². The van der Waals surface area contributed by atoms with E-state index in [1.54, 1.807) is 12.1 Å². The van der Waals surface area contributed by atoms with E-state index in [9.17, 15) is 13.2 Å². The Morgan fingerprint density at radius 2 is 1.49 bits per heavy atom. The van der Waals surface area contributed by atoms with E-state index in [0.29, 0.717) is 23.8 Å². The first-order valence-corrected chi connectivity index (χ1v) is 13.1. The molecule has 2 aliphatic rings. The number of hydrogen-bond acceptors (Lipinski definition) is 2. The molecule has 0 atom stereocenters. The van der Waals surface area contributed by atoms with Crippen LogP contribution in [-0.4, -0.2) is 12.7 Å². The number of benzene rings is 2. The first-order chi connectivity index (χ1) is 17.0. The van der Waals surface area contributed by atoms with Gasteiger partial charge in [-0.1, -0.05) is 30.4 Å². The lowest BCUT2D eigenvalue weighted by molar-refractivity contribution is 0.0116. The minimum absolute atomic E-state index is 0.0268. The van der Waals surface area contributed by atoms with Crippen LogP contribution in [0.15, 0.2) is 42.5 Å². The Bertz CT molecular complexity index is 1000. The maximum absolute atomic E-state index is 14.9. The summed E-state index contributed by atoms with van der Waals surface area (Å²) in [5.41, 5.74) is 1.49. The van der Waals surface area contributed by atoms with E-state index in [-0.39, 0.29) is 35.9 Å². The second kappa shape index (κ2) is 12.1. The molecular weight excluding hydrogens is 449 g/mol. The molecule has 0 amide bonds. The summed E-state index contributed by atoms with van der Waals surface area (Å²) >= 11 is 0. The van der Waals surface area contributed by atoms with Gasteiger partial charge in [-0.25, -0.2) is 13.2 Å². The molecule has 0 saturated heterocycles. The monoisotopic (exact) mass is 486 g/mol. The zero-order valence-corrected chi connectivity index (χ0v) is 20.9. The largest absolute Gasteiger partial charge is 0.494 e. The van der Waals surface area contributed by atoms with Gasteiger partial charge >= 0.3 is 0 Å². The van der Waals surface area contributed by atoms with Gasteiger partial charge in [0.05, 0.1) is 19.3 Å². The molecule has 0 unspecified atom stereocenters. The molecule has 0 aliphatic heterocycles. The molecule has 4 rings (SSSR count). The first-order valence-electron chi connectivity index (χ1n) is 13.1. The molecule has 2 nitrogen and oxygen atoms in total. The van der Waals surface area contributed by atoms with E-state index in [2.05, 4.69) is 12.2 Å². The molecule has 2 aromatic carbocycles. The van der Waals surface area contributed by atoms with Crippen LogP contribution in [0.2, 0.25) is 0 Å². The van der Waals surface area contributed by atoms with Gasteiger partial charge in [0.2, 0.25) is 0 Å². The molecule has 0 heterocycles. The second-order valence-corrected chi connectivity index (χ2v) is 9.98. The number of allylic oxidation sites excluding steroid dienone is 2. The van der Waals surface area contributed by atoms with Crippen molar-refractivity contribution >= 4 is 0 Å². The Morgan fingerprint density at radius 3 is 2.14 bits per heavy atom. The van der Waals surface area contributed by atoms with Crippen LogP contribution in [0.1, 0.15) is 93.7 Å². The number of rotatable bonds is 8. The molecule has 35 heavy (non-hydrogen) atoms. The highest BCUT2D eigenvalue weighted by Gasteiger charge is 2.27. The minimum Gasteiger partial charge on any atom is -0.494 e. The summed E-state index contributed by atoms with van der Waals surface area (Å²) in [6, 6.07) is 8.53. The van der Waals surface area contributed by atoms with Crippen LogP contribution in [-0.2, 0) is 11.3 Å². The Morgan fingerprint density at radius 1 is 0.829 bits per heavy atom. The normalized spacial score (nSPS) is 25.2. The van der Waals surface area contributed by atoms with Crippen molar-refractivity contribution in [3.8, 4) is 5.75 Å². The third-order valence-electron chi connectivity index (χ3n) is 7.74. The van der Waals surface area contributed by atoms with Crippen LogP contribution in [0.3, 0.4) is 0 Å². The van der Waals surface area contributed by atoms with Gasteiger partial charge in [0, 0.05) is 11.6 Å². The minimum atomic E-state index is -0.775. The fourth-order valence-corrected chi connectivity index (χ4v) is 5.77. The van der Waals surface area contributed by atoms with Gasteiger partial charge in [0.25, 0.3) is 0 Å². The molecule has 0 bridgehead atoms. The van der Waals surface area contributed by atoms with Gasteiger partial charge in [0.1, 0.15) is 11.6 Å². The zero-order chi connectivity index (χ0) is 24.8. The van der Waals surface area contributed by atoms with Crippen molar-refractivity contribution in [1.29, 1.82) is 0 Å². The summed E-state index contributed by atoms with van der Waals surface area (Å²) in [5.74, 6) is -0.391. The lowest BCUT2D eigenvalue weighted by atomic mass is 9.78. The molecule has 0 N–H and O–H groups in total. The SMILES string of the molecule is C/C=C/C1CCC(c2ccc(COC3CCC(c4ccc(OCC)cc4F)CC3)c(F)c2F)CC1. The summed E-state index contributed by atoms with van der Waals surface area (Å²) in [7, 11) is 0. The summed E-state index contributed by atoms with van der Waals surface area (Å²) in [6.45, 7) is 4.46. The fourth-order valence-electron chi connectivity index (χ4n) is 5.77. The predicted octanol–water partition coefficient (Wildman–Crippen LogP) is 8.60. The van der Waals surface area contributed by atoms with Gasteiger partial charge in [-0.3, -0.25) is 0 Å². The Kier molecular flexibility index (Phi) is 8.94. The van der Waals surface area contributed by atoms with Crippen molar-refractivity contribution in [2.45, 2.75) is 89.8 Å². The van der Waals surface area contributed by atoms with Crippen LogP contribution in [0.25, 0.3) is 0 Å². The maximum atomic E-state index is 14.9. The Labute approximate surface area is 207 Å². The molecule has 2 aliphatic carbocycles. The molecule has 2 aromatic rings. The van der Waals surface area contributed by atoms with Crippen molar-refractivity contribution in [1.82, 2.24) is 0 Å². The van der Waals surface area contributed by atoms with Crippen molar-refractivity contribution in [3.05, 3.63) is 76.6 Å². The predicted molar refractivity (Wildman–Crippen MR) is 133 cm³/mol. The van der Waals surface area contributed by atoms with E-state index in [1.807, 2.05) is 26.0 Å². The van der Waals surface area contributed by atoms with Gasteiger partial charge < -0.3 is 9.47 Å². The highest BCUT2D eigenvalue weighted by molar-refractivity contribution is 5.32. The van der Waals surface area contributed by atoms with E-state index in [0.717, 1.165) is 56.9 Å². The van der Waals surface area contributed by atoms with Crippen molar-refractivity contribution in [2.24, 2.45) is 5.92 Å². The Hall–Kier alpha value is -2.27. The average molecular weight is 487 g/mol. The Balaban J connectivity index is 1.29. The zero-order valence-electron chi connectivity index (χ0n) is 20.9. The summed E-state index contributed by atoms with van der Waals surface area (Å²) in [6.07, 6.45) is 11.2. The lowest BCUT2D eigenvalue weighted by Crippen LogP contribution is -2.21. The molecule has 0 aromatic heterocycles. The maximum Gasteiger partial charge on any atom is 0.164 e.